The van der Waals surface area contributed by atoms with Gasteiger partial charge in [0.25, 0.3) is 0 Å². The monoisotopic (exact) mass is 349 g/mol. The summed E-state index contributed by atoms with van der Waals surface area (Å²) in [5.41, 5.74) is 4.60. The number of aliphatic imine (C=N–C) groups is 1. The van der Waals surface area contributed by atoms with E-state index in [1.165, 1.54) is 0 Å². The van der Waals surface area contributed by atoms with E-state index in [0.29, 0.717) is 6.54 Å². The second-order valence-electron chi connectivity index (χ2n) is 6.12. The first-order valence-electron chi connectivity index (χ1n) is 8.58. The molecule has 0 aliphatic rings. The van der Waals surface area contributed by atoms with Crippen molar-refractivity contribution in [2.75, 3.05) is 13.7 Å². The minimum atomic E-state index is -0.598. The summed E-state index contributed by atoms with van der Waals surface area (Å²) in [7, 11) is 1.57. The lowest BCUT2D eigenvalue weighted by Gasteiger charge is -2.08. The number of nitrogens with zero attached hydrogens (tertiary/aromatic N) is 3. The third kappa shape index (κ3) is 4.45. The van der Waals surface area contributed by atoms with Gasteiger partial charge in [-0.05, 0) is 6.92 Å². The molecular weight excluding hydrogens is 326 g/mol. The lowest BCUT2D eigenvalue weighted by atomic mass is 10.0. The first-order chi connectivity index (χ1) is 12.7. The molecule has 0 radical (unpaired) electrons. The van der Waals surface area contributed by atoms with Crippen molar-refractivity contribution in [1.82, 2.24) is 9.78 Å². The number of rotatable bonds is 7. The van der Waals surface area contributed by atoms with E-state index in [1.54, 1.807) is 11.8 Å². The number of hydrogen-bond donors (Lipinski definition) is 1. The van der Waals surface area contributed by atoms with Gasteiger partial charge in [-0.15, -0.1) is 0 Å². The van der Waals surface area contributed by atoms with Crippen LogP contribution in [0.5, 0.6) is 0 Å². The summed E-state index contributed by atoms with van der Waals surface area (Å²) in [4.78, 5) is 4.89. The minimum absolute atomic E-state index is 0.275. The maximum Gasteiger partial charge on any atom is 0.105 e. The molecule has 5 heteroatoms. The topological polar surface area (TPSA) is 59.6 Å². The molecule has 1 atom stereocenters. The number of hydrogen-bond acceptors (Lipinski definition) is 4. The zero-order chi connectivity index (χ0) is 18.4. The SMILES string of the molecule is COC[C@H](O)Cn1cc(N=C(c2ccccc2)c2ccccc2)c(C)n1. The predicted molar refractivity (Wildman–Crippen MR) is 103 cm³/mol. The summed E-state index contributed by atoms with van der Waals surface area (Å²) in [6.45, 7) is 2.57. The van der Waals surface area contributed by atoms with Crippen LogP contribution in [0.3, 0.4) is 0 Å². The lowest BCUT2D eigenvalue weighted by Crippen LogP contribution is -2.21. The summed E-state index contributed by atoms with van der Waals surface area (Å²) in [5, 5.41) is 14.4. The molecule has 134 valence electrons. The Morgan fingerprint density at radius 3 is 2.19 bits per heavy atom. The van der Waals surface area contributed by atoms with Crippen LogP contribution in [0.4, 0.5) is 5.69 Å². The van der Waals surface area contributed by atoms with E-state index in [9.17, 15) is 5.11 Å². The predicted octanol–water partition coefficient (Wildman–Crippen LogP) is 3.37. The second kappa shape index (κ2) is 8.56. The van der Waals surface area contributed by atoms with E-state index in [1.807, 2.05) is 73.8 Å². The van der Waals surface area contributed by atoms with Gasteiger partial charge in [-0.3, -0.25) is 4.68 Å². The smallest absolute Gasteiger partial charge is 0.105 e. The molecule has 0 spiro atoms. The Hall–Kier alpha value is -2.76. The number of aromatic nitrogens is 2. The van der Waals surface area contributed by atoms with Gasteiger partial charge < -0.3 is 9.84 Å². The van der Waals surface area contributed by atoms with Crippen LogP contribution in [-0.4, -0.2) is 40.4 Å². The summed E-state index contributed by atoms with van der Waals surface area (Å²) in [6.07, 6.45) is 1.26. The highest BCUT2D eigenvalue weighted by molar-refractivity contribution is 6.13. The fourth-order valence-corrected chi connectivity index (χ4v) is 2.78. The van der Waals surface area contributed by atoms with E-state index >= 15 is 0 Å². The van der Waals surface area contributed by atoms with Crippen LogP contribution < -0.4 is 0 Å². The zero-order valence-electron chi connectivity index (χ0n) is 15.0. The standard InChI is InChI=1S/C21H23N3O2/c1-16-20(14-24(23-16)13-19(25)15-26-2)22-21(17-9-5-3-6-10-17)18-11-7-4-8-12-18/h3-12,14,19,25H,13,15H2,1-2H3/t19-/m1/s1. The third-order valence-corrected chi connectivity index (χ3v) is 4.00. The highest BCUT2D eigenvalue weighted by Gasteiger charge is 2.12. The Bertz CT molecular complexity index is 816. The van der Waals surface area contributed by atoms with Crippen LogP contribution in [0.25, 0.3) is 0 Å². The van der Waals surface area contributed by atoms with Gasteiger partial charge in [0.1, 0.15) is 5.69 Å². The molecule has 0 bridgehead atoms. The lowest BCUT2D eigenvalue weighted by molar-refractivity contribution is 0.0513. The fourth-order valence-electron chi connectivity index (χ4n) is 2.78. The fraction of sp³-hybridized carbons (Fsp3) is 0.238. The van der Waals surface area contributed by atoms with Gasteiger partial charge >= 0.3 is 0 Å². The number of aliphatic hydroxyl groups excluding tert-OH is 1. The van der Waals surface area contributed by atoms with E-state index < -0.39 is 6.10 Å². The molecule has 0 saturated heterocycles. The summed E-state index contributed by atoms with van der Waals surface area (Å²) in [5.74, 6) is 0. The van der Waals surface area contributed by atoms with Crippen molar-refractivity contribution < 1.29 is 9.84 Å². The van der Waals surface area contributed by atoms with E-state index in [4.69, 9.17) is 9.73 Å². The number of aryl methyl sites for hydroxylation is 1. The summed E-state index contributed by atoms with van der Waals surface area (Å²) < 4.78 is 6.69. The largest absolute Gasteiger partial charge is 0.389 e. The van der Waals surface area contributed by atoms with E-state index in [0.717, 1.165) is 28.2 Å². The third-order valence-electron chi connectivity index (χ3n) is 4.00. The van der Waals surface area contributed by atoms with Crippen molar-refractivity contribution >= 4 is 11.4 Å². The molecular formula is C21H23N3O2. The van der Waals surface area contributed by atoms with Gasteiger partial charge in [0.15, 0.2) is 0 Å². The van der Waals surface area contributed by atoms with E-state index in [-0.39, 0.29) is 6.61 Å². The van der Waals surface area contributed by atoms with Gasteiger partial charge in [-0.2, -0.15) is 5.10 Å². The van der Waals surface area contributed by atoms with Gasteiger partial charge in [0, 0.05) is 18.2 Å². The average molecular weight is 349 g/mol. The highest BCUT2D eigenvalue weighted by atomic mass is 16.5. The molecule has 26 heavy (non-hydrogen) atoms. The maximum absolute atomic E-state index is 9.92. The van der Waals surface area contributed by atoms with Gasteiger partial charge in [0.05, 0.1) is 36.9 Å². The molecule has 0 aliphatic carbocycles. The molecule has 1 aromatic heterocycles. The van der Waals surface area contributed by atoms with Crippen LogP contribution in [0, 0.1) is 6.92 Å². The molecule has 2 aromatic carbocycles. The van der Waals surface area contributed by atoms with Crippen LogP contribution in [0.15, 0.2) is 71.9 Å². The molecule has 1 heterocycles. The van der Waals surface area contributed by atoms with Gasteiger partial charge in [-0.1, -0.05) is 60.7 Å². The van der Waals surface area contributed by atoms with Crippen molar-refractivity contribution in [2.24, 2.45) is 4.99 Å². The van der Waals surface area contributed by atoms with Crippen LogP contribution in [0.1, 0.15) is 16.8 Å². The quantitative estimate of drug-likeness (QED) is 0.665. The molecule has 1 N–H and O–H groups in total. The number of aliphatic hydroxyl groups is 1. The van der Waals surface area contributed by atoms with Crippen molar-refractivity contribution in [2.45, 2.75) is 19.6 Å². The summed E-state index contributed by atoms with van der Waals surface area (Å²) >= 11 is 0. The Kier molecular flexibility index (Phi) is 5.94. The second-order valence-corrected chi connectivity index (χ2v) is 6.12. The molecule has 0 fully saturated rings. The maximum atomic E-state index is 9.92. The molecule has 0 amide bonds. The zero-order valence-corrected chi connectivity index (χ0v) is 15.0. The van der Waals surface area contributed by atoms with Crippen molar-refractivity contribution in [3.8, 4) is 0 Å². The highest BCUT2D eigenvalue weighted by Crippen LogP contribution is 2.21. The number of ether oxygens (including phenoxy) is 1. The minimum Gasteiger partial charge on any atom is -0.389 e. The Morgan fingerprint density at radius 2 is 1.65 bits per heavy atom. The molecule has 0 aliphatic heterocycles. The number of methoxy groups -OCH3 is 1. The van der Waals surface area contributed by atoms with Crippen LogP contribution >= 0.6 is 0 Å². The normalized spacial score (nSPS) is 12.0. The molecule has 3 rings (SSSR count). The van der Waals surface area contributed by atoms with Gasteiger partial charge in [0.2, 0.25) is 0 Å². The molecule has 5 nitrogen and oxygen atoms in total. The molecule has 0 unspecified atom stereocenters. The van der Waals surface area contributed by atoms with Crippen LogP contribution in [-0.2, 0) is 11.3 Å². The molecule has 3 aromatic rings. The van der Waals surface area contributed by atoms with Crippen molar-refractivity contribution in [1.29, 1.82) is 0 Å². The Morgan fingerprint density at radius 1 is 1.08 bits per heavy atom. The first kappa shape index (κ1) is 18.0. The Labute approximate surface area is 153 Å². The van der Waals surface area contributed by atoms with Gasteiger partial charge in [-0.25, -0.2) is 4.99 Å². The Balaban J connectivity index is 1.97. The van der Waals surface area contributed by atoms with Crippen molar-refractivity contribution in [3.05, 3.63) is 83.7 Å². The number of benzene rings is 2. The first-order valence-corrected chi connectivity index (χ1v) is 8.58. The van der Waals surface area contributed by atoms with Crippen LogP contribution in [0.2, 0.25) is 0 Å². The average Bonchev–Trinajstić information content (AvgIpc) is 3.00. The van der Waals surface area contributed by atoms with E-state index in [2.05, 4.69) is 5.10 Å². The molecule has 0 saturated carbocycles. The van der Waals surface area contributed by atoms with Crippen molar-refractivity contribution in [3.63, 3.8) is 0 Å². The summed E-state index contributed by atoms with van der Waals surface area (Å²) in [6, 6.07) is 20.2.